The highest BCUT2D eigenvalue weighted by atomic mass is 31.3. The van der Waals surface area contributed by atoms with Crippen molar-refractivity contribution in [2.24, 2.45) is 0 Å². The van der Waals surface area contributed by atoms with Gasteiger partial charge in [0.25, 0.3) is 11.4 Å². The third-order valence-electron chi connectivity index (χ3n) is 3.94. The van der Waals surface area contributed by atoms with Crippen LogP contribution in [0.1, 0.15) is 13.2 Å². The molecule has 6 N–H and O–H groups in total. The van der Waals surface area contributed by atoms with E-state index in [0.717, 1.165) is 19.2 Å². The number of hydrogen-bond donors (Lipinski definition) is 6. The maximum Gasteiger partial charge on any atom is 0.490 e. The Morgan fingerprint density at radius 3 is 2.28 bits per heavy atom. The van der Waals surface area contributed by atoms with Gasteiger partial charge in [0, 0.05) is 19.4 Å². The molecule has 0 bridgehead atoms. The first-order valence-electron chi connectivity index (χ1n) is 8.04. The molecule has 1 aromatic heterocycles. The van der Waals surface area contributed by atoms with E-state index in [0.29, 0.717) is 11.7 Å². The molecule has 2 rings (SSSR count). The predicted molar refractivity (Wildman–Crippen MR) is 96.5 cm³/mol. The van der Waals surface area contributed by atoms with E-state index in [4.69, 9.17) is 9.63 Å². The lowest BCUT2D eigenvalue weighted by atomic mass is 9.95. The quantitative estimate of drug-likeness (QED) is 0.206. The van der Waals surface area contributed by atoms with Crippen LogP contribution in [0.25, 0.3) is 0 Å². The lowest BCUT2D eigenvalue weighted by Gasteiger charge is -2.27. The molecule has 32 heavy (non-hydrogen) atoms. The Labute approximate surface area is 176 Å². The number of H-pyrrole nitrogens is 1. The Morgan fingerprint density at radius 1 is 1.19 bits per heavy atom. The summed E-state index contributed by atoms with van der Waals surface area (Å²) in [6.45, 7) is -0.900. The highest BCUT2D eigenvalue weighted by Crippen LogP contribution is 2.67. The number of rotatable bonds is 9. The van der Waals surface area contributed by atoms with Crippen LogP contribution in [0.15, 0.2) is 21.9 Å². The average molecular weight is 530 g/mol. The topological polar surface area (TPSA) is 253 Å². The first-order chi connectivity index (χ1) is 14.3. The molecular weight excluding hydrogens is 512 g/mol. The van der Waals surface area contributed by atoms with Crippen LogP contribution in [-0.4, -0.2) is 65.7 Å². The maximum absolute atomic E-state index is 15.1. The van der Waals surface area contributed by atoms with Gasteiger partial charge in [-0.05, 0) is 6.92 Å². The Morgan fingerprint density at radius 2 is 1.75 bits per heavy atom. The molecule has 0 saturated carbocycles. The van der Waals surface area contributed by atoms with Crippen molar-refractivity contribution in [2.45, 2.75) is 30.7 Å². The van der Waals surface area contributed by atoms with Crippen molar-refractivity contribution in [1.82, 2.24) is 9.55 Å². The number of aromatic amines is 1. The van der Waals surface area contributed by atoms with E-state index in [9.17, 15) is 43.3 Å². The van der Waals surface area contributed by atoms with E-state index >= 15 is 4.39 Å². The lowest BCUT2D eigenvalue weighted by molar-refractivity contribution is -0.205. The van der Waals surface area contributed by atoms with Crippen LogP contribution in [0.4, 0.5) is 4.39 Å². The lowest BCUT2D eigenvalue weighted by Crippen LogP contribution is -2.50. The van der Waals surface area contributed by atoms with Crippen LogP contribution in [-0.2, 0) is 36.1 Å². The fourth-order valence-corrected chi connectivity index (χ4v) is 5.77. The second-order valence-corrected chi connectivity index (χ2v) is 11.2. The van der Waals surface area contributed by atoms with Gasteiger partial charge in [-0.1, -0.05) is 0 Å². The highest BCUT2D eigenvalue weighted by molar-refractivity contribution is 7.66. The van der Waals surface area contributed by atoms with Crippen molar-refractivity contribution in [1.29, 1.82) is 0 Å². The standard InChI is InChI=1S/C11H18FN2O15P3/c1-10(18)7(16)11(12,27-8(10)14-4-3-6(15)13-9(14)17)5-26-31(21,22)29-32(23,24)28-30(19,20)25-2/h3-4,7-8,16,18H,5H2,1-2H3,(H,19,20)(H,21,22)(H,23,24)(H,13,15,17)/t7-,8+,10+,11+/m0/s1. The van der Waals surface area contributed by atoms with Crippen LogP contribution in [0.3, 0.4) is 0 Å². The van der Waals surface area contributed by atoms with Gasteiger partial charge in [-0.15, -0.1) is 0 Å². The summed E-state index contributed by atoms with van der Waals surface area (Å²) in [4.78, 5) is 52.6. The number of aromatic nitrogens is 2. The summed E-state index contributed by atoms with van der Waals surface area (Å²) < 4.78 is 70.3. The molecule has 1 aromatic rings. The first-order valence-corrected chi connectivity index (χ1v) is 12.5. The zero-order valence-electron chi connectivity index (χ0n) is 16.0. The minimum absolute atomic E-state index is 0.500. The van der Waals surface area contributed by atoms with Gasteiger partial charge in [0.2, 0.25) is 0 Å². The van der Waals surface area contributed by atoms with Crippen molar-refractivity contribution in [2.75, 3.05) is 13.7 Å². The fourth-order valence-electron chi connectivity index (χ4n) is 2.51. The van der Waals surface area contributed by atoms with Crippen LogP contribution >= 0.6 is 23.5 Å². The van der Waals surface area contributed by atoms with Gasteiger partial charge in [-0.25, -0.2) is 22.9 Å². The van der Waals surface area contributed by atoms with Crippen molar-refractivity contribution >= 4 is 23.5 Å². The van der Waals surface area contributed by atoms with Gasteiger partial charge in [-0.3, -0.25) is 23.4 Å². The number of aliphatic hydroxyl groups excluding tert-OH is 1. The third-order valence-corrected chi connectivity index (χ3v) is 8.16. The summed E-state index contributed by atoms with van der Waals surface area (Å²) in [6, 6.07) is 0.816. The Kier molecular flexibility index (Phi) is 7.57. The summed E-state index contributed by atoms with van der Waals surface area (Å²) in [5.74, 6) is -3.51. The van der Waals surface area contributed by atoms with Crippen molar-refractivity contribution in [3.8, 4) is 0 Å². The molecule has 2 heterocycles. The zero-order chi connectivity index (χ0) is 24.8. The number of alkyl halides is 1. The van der Waals surface area contributed by atoms with E-state index in [1.54, 1.807) is 4.98 Å². The molecule has 0 aromatic carbocycles. The van der Waals surface area contributed by atoms with Gasteiger partial charge in [0.05, 0.1) is 0 Å². The van der Waals surface area contributed by atoms with Gasteiger partial charge in [0.15, 0.2) is 6.23 Å². The Hall–Kier alpha value is -1.10. The largest absolute Gasteiger partial charge is 0.490 e. The number of aliphatic hydroxyl groups is 2. The van der Waals surface area contributed by atoms with E-state index in [-0.39, 0.29) is 0 Å². The number of halogens is 1. The first kappa shape index (κ1) is 27.1. The number of nitrogens with zero attached hydrogens (tertiary/aromatic N) is 1. The summed E-state index contributed by atoms with van der Waals surface area (Å²) in [6.07, 6.45) is -3.71. The SMILES string of the molecule is COP(=O)(O)OP(=O)(O)OP(=O)(O)OC[C@@]1(F)O[C@@H](n2ccc(=O)[nH]c2=O)[C@](C)(O)[C@@H]1O. The summed E-state index contributed by atoms with van der Waals surface area (Å²) >= 11 is 0. The molecule has 3 unspecified atom stereocenters. The Bertz CT molecular complexity index is 1120. The molecule has 0 radical (unpaired) electrons. The van der Waals surface area contributed by atoms with E-state index in [1.807, 2.05) is 0 Å². The smallest absolute Gasteiger partial charge is 0.384 e. The second-order valence-electron chi connectivity index (χ2n) is 6.43. The van der Waals surface area contributed by atoms with Gasteiger partial charge < -0.3 is 29.6 Å². The molecular formula is C11H18FN2O15P3. The van der Waals surface area contributed by atoms with E-state index in [2.05, 4.69) is 17.7 Å². The molecule has 0 spiro atoms. The zero-order valence-corrected chi connectivity index (χ0v) is 18.7. The van der Waals surface area contributed by atoms with Gasteiger partial charge in [-0.2, -0.15) is 8.62 Å². The molecule has 0 amide bonds. The van der Waals surface area contributed by atoms with Crippen LogP contribution in [0, 0.1) is 0 Å². The van der Waals surface area contributed by atoms with E-state index < -0.39 is 65.1 Å². The summed E-state index contributed by atoms with van der Waals surface area (Å²) in [5, 5.41) is 20.5. The van der Waals surface area contributed by atoms with Gasteiger partial charge >= 0.3 is 29.2 Å². The van der Waals surface area contributed by atoms with E-state index in [1.165, 1.54) is 0 Å². The Balaban J connectivity index is 2.20. The molecule has 17 nitrogen and oxygen atoms in total. The second kappa shape index (κ2) is 8.92. The molecule has 7 atom stereocenters. The molecule has 21 heteroatoms. The van der Waals surface area contributed by atoms with Crippen molar-refractivity contribution in [3.63, 3.8) is 0 Å². The number of phosphoric acid groups is 3. The van der Waals surface area contributed by atoms with Crippen molar-refractivity contribution < 1.29 is 65.4 Å². The summed E-state index contributed by atoms with van der Waals surface area (Å²) in [5.41, 5.74) is -4.58. The summed E-state index contributed by atoms with van der Waals surface area (Å²) in [7, 11) is -16.1. The van der Waals surface area contributed by atoms with Crippen molar-refractivity contribution in [3.05, 3.63) is 33.1 Å². The number of ether oxygens (including phenoxy) is 1. The number of phosphoric ester groups is 2. The molecule has 1 fully saturated rings. The van der Waals surface area contributed by atoms with Gasteiger partial charge in [0.1, 0.15) is 18.3 Å². The molecule has 1 aliphatic rings. The predicted octanol–water partition coefficient (Wildman–Crippen LogP) is -1.16. The molecule has 184 valence electrons. The molecule has 1 saturated heterocycles. The van der Waals surface area contributed by atoms with Crippen LogP contribution in [0.2, 0.25) is 0 Å². The normalized spacial score (nSPS) is 33.9. The van der Waals surface area contributed by atoms with Crippen LogP contribution in [0.5, 0.6) is 0 Å². The fraction of sp³-hybridized carbons (Fsp3) is 0.636. The maximum atomic E-state index is 15.1. The number of hydrogen-bond acceptors (Lipinski definition) is 12. The average Bonchev–Trinajstić information content (AvgIpc) is 2.79. The molecule has 0 aliphatic carbocycles. The monoisotopic (exact) mass is 530 g/mol. The minimum Gasteiger partial charge on any atom is -0.384 e. The minimum atomic E-state index is -5.78. The highest BCUT2D eigenvalue weighted by Gasteiger charge is 2.64. The van der Waals surface area contributed by atoms with Crippen LogP contribution < -0.4 is 11.2 Å². The molecule has 1 aliphatic heterocycles. The third kappa shape index (κ3) is 6.07. The number of nitrogens with one attached hydrogen (secondary N) is 1.